The van der Waals surface area contributed by atoms with Crippen molar-refractivity contribution in [3.05, 3.63) is 63.1 Å². The standard InChI is InChI=1S/C18H14Cl3N3O2/c1-10-16(11-3-5-12(19)6-4-11)24(23-17(10)22-18(25)26-2)15-8-7-13(20)9-14(15)21/h3-9H,1-2H3,(H,22,23,25). The van der Waals surface area contributed by atoms with Crippen molar-refractivity contribution in [1.82, 2.24) is 9.78 Å². The third-order valence-electron chi connectivity index (χ3n) is 3.78. The normalized spacial score (nSPS) is 10.7. The molecule has 0 fully saturated rings. The number of halogens is 3. The summed E-state index contributed by atoms with van der Waals surface area (Å²) in [5, 5.41) is 8.68. The van der Waals surface area contributed by atoms with E-state index in [1.807, 2.05) is 19.1 Å². The SMILES string of the molecule is COC(=O)Nc1nn(-c2ccc(Cl)cc2Cl)c(-c2ccc(Cl)cc2)c1C. The Hall–Kier alpha value is -2.21. The minimum atomic E-state index is -0.609. The number of amides is 1. The Kier molecular flexibility index (Phi) is 5.41. The van der Waals surface area contributed by atoms with E-state index in [1.54, 1.807) is 35.0 Å². The summed E-state index contributed by atoms with van der Waals surface area (Å²) in [6.45, 7) is 1.85. The van der Waals surface area contributed by atoms with Crippen LogP contribution < -0.4 is 5.32 Å². The highest BCUT2D eigenvalue weighted by Gasteiger charge is 2.20. The number of hydrogen-bond acceptors (Lipinski definition) is 3. The van der Waals surface area contributed by atoms with E-state index in [0.717, 1.165) is 16.8 Å². The van der Waals surface area contributed by atoms with Gasteiger partial charge in [-0.15, -0.1) is 5.10 Å². The van der Waals surface area contributed by atoms with Gasteiger partial charge < -0.3 is 4.74 Å². The van der Waals surface area contributed by atoms with E-state index in [-0.39, 0.29) is 0 Å². The number of ether oxygens (including phenoxy) is 1. The molecule has 0 unspecified atom stereocenters. The summed E-state index contributed by atoms with van der Waals surface area (Å²) in [7, 11) is 1.29. The second kappa shape index (κ2) is 7.58. The Labute approximate surface area is 165 Å². The summed E-state index contributed by atoms with van der Waals surface area (Å²) >= 11 is 18.4. The van der Waals surface area contributed by atoms with Crippen LogP contribution in [0.2, 0.25) is 15.1 Å². The molecule has 3 rings (SSSR count). The van der Waals surface area contributed by atoms with E-state index < -0.39 is 6.09 Å². The van der Waals surface area contributed by atoms with Crippen molar-refractivity contribution in [2.45, 2.75) is 6.92 Å². The van der Waals surface area contributed by atoms with Crippen LogP contribution in [0.4, 0.5) is 10.6 Å². The molecule has 0 aliphatic carbocycles. The van der Waals surface area contributed by atoms with Crippen molar-refractivity contribution in [2.75, 3.05) is 12.4 Å². The third-order valence-corrected chi connectivity index (χ3v) is 4.57. The van der Waals surface area contributed by atoms with Crippen molar-refractivity contribution in [3.8, 4) is 16.9 Å². The maximum Gasteiger partial charge on any atom is 0.412 e. The first-order valence-corrected chi connectivity index (χ1v) is 8.70. The molecule has 0 spiro atoms. The van der Waals surface area contributed by atoms with Gasteiger partial charge in [-0.25, -0.2) is 9.48 Å². The number of aromatic nitrogens is 2. The lowest BCUT2D eigenvalue weighted by Gasteiger charge is -2.10. The van der Waals surface area contributed by atoms with Crippen molar-refractivity contribution in [1.29, 1.82) is 0 Å². The molecule has 1 heterocycles. The Balaban J connectivity index is 2.22. The van der Waals surface area contributed by atoms with Crippen molar-refractivity contribution in [2.24, 2.45) is 0 Å². The van der Waals surface area contributed by atoms with E-state index in [2.05, 4.69) is 15.2 Å². The smallest absolute Gasteiger partial charge is 0.412 e. The van der Waals surface area contributed by atoms with Crippen LogP contribution >= 0.6 is 34.8 Å². The highest BCUT2D eigenvalue weighted by molar-refractivity contribution is 6.35. The first kappa shape index (κ1) is 18.6. The van der Waals surface area contributed by atoms with Crippen molar-refractivity contribution < 1.29 is 9.53 Å². The first-order valence-electron chi connectivity index (χ1n) is 7.56. The number of rotatable bonds is 3. The average molecular weight is 411 g/mol. The summed E-state index contributed by atoms with van der Waals surface area (Å²) in [5.74, 6) is 0.368. The molecule has 1 N–H and O–H groups in total. The zero-order chi connectivity index (χ0) is 18.8. The molecule has 0 atom stereocenters. The lowest BCUT2D eigenvalue weighted by atomic mass is 10.1. The van der Waals surface area contributed by atoms with Crippen molar-refractivity contribution >= 4 is 46.7 Å². The Morgan fingerprint density at radius 2 is 1.73 bits per heavy atom. The summed E-state index contributed by atoms with van der Waals surface area (Å²) in [6.07, 6.45) is -0.609. The van der Waals surface area contributed by atoms with Crippen LogP contribution in [-0.2, 0) is 4.74 Å². The minimum absolute atomic E-state index is 0.368. The maximum atomic E-state index is 11.6. The van der Waals surface area contributed by atoms with E-state index in [9.17, 15) is 4.79 Å². The zero-order valence-corrected chi connectivity index (χ0v) is 16.2. The van der Waals surface area contributed by atoms with E-state index in [4.69, 9.17) is 34.8 Å². The van der Waals surface area contributed by atoms with Crippen LogP contribution in [0.1, 0.15) is 5.56 Å². The molecule has 0 saturated carbocycles. The second-order valence-electron chi connectivity index (χ2n) is 5.45. The van der Waals surface area contributed by atoms with Gasteiger partial charge in [0.15, 0.2) is 5.82 Å². The molecule has 5 nitrogen and oxygen atoms in total. The molecule has 8 heteroatoms. The van der Waals surface area contributed by atoms with Gasteiger partial charge in [0, 0.05) is 21.2 Å². The molecule has 0 bridgehead atoms. The molecule has 26 heavy (non-hydrogen) atoms. The molecule has 134 valence electrons. The van der Waals surface area contributed by atoms with Gasteiger partial charge in [0.2, 0.25) is 0 Å². The Bertz CT molecular complexity index is 969. The molecule has 0 aliphatic heterocycles. The number of carbonyl (C=O) groups is 1. The van der Waals surface area contributed by atoms with Crippen LogP contribution in [-0.4, -0.2) is 23.0 Å². The summed E-state index contributed by atoms with van der Waals surface area (Å²) < 4.78 is 6.32. The quantitative estimate of drug-likeness (QED) is 0.577. The first-order chi connectivity index (χ1) is 12.4. The highest BCUT2D eigenvalue weighted by atomic mass is 35.5. The van der Waals surface area contributed by atoms with Crippen LogP contribution in [0.3, 0.4) is 0 Å². The molecule has 0 aliphatic rings. The number of benzene rings is 2. The van der Waals surface area contributed by atoms with Gasteiger partial charge in [0.05, 0.1) is 23.5 Å². The fourth-order valence-corrected chi connectivity index (χ4v) is 3.15. The molecule has 0 radical (unpaired) electrons. The Morgan fingerprint density at radius 1 is 1.08 bits per heavy atom. The molecular formula is C18H14Cl3N3O2. The minimum Gasteiger partial charge on any atom is -0.453 e. The summed E-state index contributed by atoms with van der Waals surface area (Å²) in [5.41, 5.74) is 3.01. The molecule has 2 aromatic carbocycles. The number of nitrogens with zero attached hydrogens (tertiary/aromatic N) is 2. The van der Waals surface area contributed by atoms with Crippen LogP contribution in [0.25, 0.3) is 16.9 Å². The predicted octanol–water partition coefficient (Wildman–Crippen LogP) is 5.99. The number of methoxy groups -OCH3 is 1. The highest BCUT2D eigenvalue weighted by Crippen LogP contribution is 2.34. The van der Waals surface area contributed by atoms with Crippen molar-refractivity contribution in [3.63, 3.8) is 0 Å². The van der Waals surface area contributed by atoms with Crippen LogP contribution in [0.15, 0.2) is 42.5 Å². The van der Waals surface area contributed by atoms with Gasteiger partial charge in [-0.3, -0.25) is 5.32 Å². The lowest BCUT2D eigenvalue weighted by molar-refractivity contribution is 0.187. The molecule has 1 amide bonds. The Morgan fingerprint density at radius 3 is 2.35 bits per heavy atom. The topological polar surface area (TPSA) is 56.1 Å². The molecule has 3 aromatic rings. The molecule has 0 saturated heterocycles. The van der Waals surface area contributed by atoms with E-state index >= 15 is 0 Å². The average Bonchev–Trinajstić information content (AvgIpc) is 2.92. The number of hydrogen-bond donors (Lipinski definition) is 1. The van der Waals surface area contributed by atoms with Gasteiger partial charge >= 0.3 is 6.09 Å². The molecule has 1 aromatic heterocycles. The maximum absolute atomic E-state index is 11.6. The second-order valence-corrected chi connectivity index (χ2v) is 6.73. The van der Waals surface area contributed by atoms with E-state index in [0.29, 0.717) is 26.6 Å². The monoisotopic (exact) mass is 409 g/mol. The van der Waals surface area contributed by atoms with Crippen LogP contribution in [0.5, 0.6) is 0 Å². The van der Waals surface area contributed by atoms with Gasteiger partial charge in [-0.2, -0.15) is 0 Å². The lowest BCUT2D eigenvalue weighted by Crippen LogP contribution is -2.12. The fraction of sp³-hybridized carbons (Fsp3) is 0.111. The number of nitrogens with one attached hydrogen (secondary N) is 1. The van der Waals surface area contributed by atoms with Gasteiger partial charge in [-0.1, -0.05) is 46.9 Å². The summed E-state index contributed by atoms with van der Waals surface area (Å²) in [6, 6.07) is 12.4. The predicted molar refractivity (Wildman–Crippen MR) is 105 cm³/mol. The van der Waals surface area contributed by atoms with Crippen LogP contribution in [0, 0.1) is 6.92 Å². The third kappa shape index (κ3) is 3.65. The van der Waals surface area contributed by atoms with Gasteiger partial charge in [0.1, 0.15) is 0 Å². The van der Waals surface area contributed by atoms with Gasteiger partial charge in [-0.05, 0) is 37.3 Å². The largest absolute Gasteiger partial charge is 0.453 e. The number of carbonyl (C=O) groups excluding carboxylic acids is 1. The molecular weight excluding hydrogens is 397 g/mol. The fourth-order valence-electron chi connectivity index (χ4n) is 2.54. The number of anilines is 1. The zero-order valence-electron chi connectivity index (χ0n) is 13.9. The van der Waals surface area contributed by atoms with E-state index in [1.165, 1.54) is 7.11 Å². The van der Waals surface area contributed by atoms with Gasteiger partial charge in [0.25, 0.3) is 0 Å². The summed E-state index contributed by atoms with van der Waals surface area (Å²) in [4.78, 5) is 11.6.